The standard InChI is InChI=1S/C24H28N4O7/c1-25-13-10-22(24(11-6-3-7-12-24)21(25)14-17-8-4-2-5-9-17)35-23-19(27(31)32)15-18(26(29)30)16-20(23)28(33)34/h2,4-5,8-9,15-16,21-22H,3,6-7,10-14H2,1H3. The maximum absolute atomic E-state index is 11.8. The van der Waals surface area contributed by atoms with Gasteiger partial charge < -0.3 is 9.64 Å². The molecule has 2 fully saturated rings. The third kappa shape index (κ3) is 4.81. The Morgan fingerprint density at radius 1 is 0.943 bits per heavy atom. The van der Waals surface area contributed by atoms with E-state index in [1.165, 1.54) is 5.56 Å². The van der Waals surface area contributed by atoms with Crippen molar-refractivity contribution in [1.29, 1.82) is 0 Å². The van der Waals surface area contributed by atoms with Gasteiger partial charge in [-0.3, -0.25) is 30.3 Å². The SMILES string of the molecule is CN1CCC(Oc2c([N+](=O)[O-])cc([N+](=O)[O-])cc2[N+](=O)[O-])C2(CCCCC2)C1Cc1ccccc1. The first kappa shape index (κ1) is 24.5. The summed E-state index contributed by atoms with van der Waals surface area (Å²) in [6.07, 6.45) is 5.53. The molecule has 1 saturated heterocycles. The first-order valence-corrected chi connectivity index (χ1v) is 11.7. The van der Waals surface area contributed by atoms with E-state index in [-0.39, 0.29) is 11.5 Å². The number of likely N-dealkylation sites (tertiary alicyclic amines) is 1. The van der Waals surface area contributed by atoms with Crippen LogP contribution in [0.3, 0.4) is 0 Å². The second-order valence-electron chi connectivity index (χ2n) is 9.46. The lowest BCUT2D eigenvalue weighted by molar-refractivity contribution is -0.404. The van der Waals surface area contributed by atoms with Gasteiger partial charge in [0.15, 0.2) is 0 Å². The summed E-state index contributed by atoms with van der Waals surface area (Å²) in [5.41, 5.74) is -1.41. The van der Waals surface area contributed by atoms with Crippen molar-refractivity contribution in [1.82, 2.24) is 4.90 Å². The number of hydrogen-bond acceptors (Lipinski definition) is 8. The fourth-order valence-corrected chi connectivity index (χ4v) is 5.88. The van der Waals surface area contributed by atoms with Crippen molar-refractivity contribution in [3.8, 4) is 5.75 Å². The van der Waals surface area contributed by atoms with Crippen LogP contribution >= 0.6 is 0 Å². The van der Waals surface area contributed by atoms with Crippen molar-refractivity contribution in [3.05, 3.63) is 78.4 Å². The van der Waals surface area contributed by atoms with Gasteiger partial charge in [0, 0.05) is 18.0 Å². The van der Waals surface area contributed by atoms with E-state index in [0.717, 1.165) is 50.7 Å². The molecule has 1 heterocycles. The highest BCUT2D eigenvalue weighted by Crippen LogP contribution is 2.51. The quantitative estimate of drug-likeness (QED) is 0.392. The number of likely N-dealkylation sites (N-methyl/N-ethyl adjacent to an activating group) is 1. The number of ether oxygens (including phenoxy) is 1. The summed E-state index contributed by atoms with van der Waals surface area (Å²) < 4.78 is 6.25. The number of hydrogen-bond donors (Lipinski definition) is 0. The van der Waals surface area contributed by atoms with Crippen LogP contribution in [0.4, 0.5) is 17.1 Å². The molecule has 0 amide bonds. The van der Waals surface area contributed by atoms with Gasteiger partial charge in [-0.15, -0.1) is 0 Å². The number of rotatable bonds is 7. The zero-order valence-electron chi connectivity index (χ0n) is 19.5. The largest absolute Gasteiger partial charge is 0.478 e. The van der Waals surface area contributed by atoms with Crippen LogP contribution in [-0.2, 0) is 6.42 Å². The third-order valence-electron chi connectivity index (χ3n) is 7.54. The number of non-ortho nitro benzene ring substituents is 1. The van der Waals surface area contributed by atoms with Crippen LogP contribution in [0.1, 0.15) is 44.1 Å². The Labute approximate surface area is 202 Å². The van der Waals surface area contributed by atoms with E-state index in [1.807, 2.05) is 18.2 Å². The maximum atomic E-state index is 11.8. The minimum atomic E-state index is -0.877. The Bertz CT molecular complexity index is 1080. The van der Waals surface area contributed by atoms with Crippen molar-refractivity contribution in [2.45, 2.75) is 57.1 Å². The molecule has 1 aliphatic carbocycles. The number of benzene rings is 2. The molecule has 4 rings (SSSR count). The molecular formula is C24H28N4O7. The van der Waals surface area contributed by atoms with Crippen LogP contribution in [0.5, 0.6) is 5.75 Å². The molecule has 1 aliphatic heterocycles. The van der Waals surface area contributed by atoms with Gasteiger partial charge in [0.25, 0.3) is 11.4 Å². The van der Waals surface area contributed by atoms with Crippen molar-refractivity contribution in [2.24, 2.45) is 5.41 Å². The second-order valence-corrected chi connectivity index (χ2v) is 9.46. The molecule has 1 saturated carbocycles. The summed E-state index contributed by atoms with van der Waals surface area (Å²) >= 11 is 0. The lowest BCUT2D eigenvalue weighted by Gasteiger charge is -2.55. The number of piperidine rings is 1. The predicted molar refractivity (Wildman–Crippen MR) is 128 cm³/mol. The minimum Gasteiger partial charge on any atom is -0.478 e. The summed E-state index contributed by atoms with van der Waals surface area (Å²) in [5, 5.41) is 34.9. The topological polar surface area (TPSA) is 142 Å². The fourth-order valence-electron chi connectivity index (χ4n) is 5.88. The van der Waals surface area contributed by atoms with E-state index in [1.54, 1.807) is 0 Å². The van der Waals surface area contributed by atoms with Crippen LogP contribution in [0.2, 0.25) is 0 Å². The Kier molecular flexibility index (Phi) is 6.97. The molecule has 11 heteroatoms. The molecule has 0 aromatic heterocycles. The molecule has 186 valence electrons. The van der Waals surface area contributed by atoms with Crippen molar-refractivity contribution >= 4 is 17.1 Å². The molecule has 2 atom stereocenters. The minimum absolute atomic E-state index is 0.0834. The molecule has 2 aromatic carbocycles. The van der Waals surface area contributed by atoms with Crippen LogP contribution in [0.25, 0.3) is 0 Å². The van der Waals surface area contributed by atoms with E-state index >= 15 is 0 Å². The molecule has 0 N–H and O–H groups in total. The maximum Gasteiger partial charge on any atom is 0.325 e. The Hall–Kier alpha value is -3.60. The van der Waals surface area contributed by atoms with Crippen molar-refractivity contribution < 1.29 is 19.5 Å². The third-order valence-corrected chi connectivity index (χ3v) is 7.54. The van der Waals surface area contributed by atoms with Gasteiger partial charge in [0.1, 0.15) is 6.10 Å². The fraction of sp³-hybridized carbons (Fsp3) is 0.500. The van der Waals surface area contributed by atoms with E-state index < -0.39 is 43.7 Å². The van der Waals surface area contributed by atoms with Gasteiger partial charge >= 0.3 is 11.4 Å². The Morgan fingerprint density at radius 2 is 1.54 bits per heavy atom. The molecular weight excluding hydrogens is 456 g/mol. The molecule has 2 unspecified atom stereocenters. The molecule has 0 bridgehead atoms. The van der Waals surface area contributed by atoms with E-state index in [2.05, 4.69) is 24.1 Å². The summed E-state index contributed by atoms with van der Waals surface area (Å²) in [6.45, 7) is 0.665. The molecule has 35 heavy (non-hydrogen) atoms. The summed E-state index contributed by atoms with van der Waals surface area (Å²) in [5.74, 6) is -0.497. The Balaban J connectivity index is 1.78. The monoisotopic (exact) mass is 484 g/mol. The van der Waals surface area contributed by atoms with Crippen molar-refractivity contribution in [3.63, 3.8) is 0 Å². The van der Waals surface area contributed by atoms with Gasteiger partial charge in [-0.2, -0.15) is 0 Å². The highest BCUT2D eigenvalue weighted by molar-refractivity contribution is 5.65. The zero-order chi connectivity index (χ0) is 25.2. The summed E-state index contributed by atoms with van der Waals surface area (Å²) in [7, 11) is 2.07. The number of nitrogens with zero attached hydrogens (tertiary/aromatic N) is 4. The van der Waals surface area contributed by atoms with Crippen LogP contribution in [-0.4, -0.2) is 45.4 Å². The van der Waals surface area contributed by atoms with Gasteiger partial charge in [-0.25, -0.2) is 0 Å². The normalized spacial score (nSPS) is 22.0. The van der Waals surface area contributed by atoms with E-state index in [4.69, 9.17) is 4.74 Å². The second kappa shape index (κ2) is 9.95. The summed E-state index contributed by atoms with van der Waals surface area (Å²) in [4.78, 5) is 34.6. The number of nitro benzene ring substituents is 3. The van der Waals surface area contributed by atoms with Gasteiger partial charge in [0.2, 0.25) is 0 Å². The molecule has 11 nitrogen and oxygen atoms in total. The highest BCUT2D eigenvalue weighted by atomic mass is 16.6. The number of nitro groups is 3. The lowest BCUT2D eigenvalue weighted by atomic mass is 9.61. The zero-order valence-corrected chi connectivity index (χ0v) is 19.5. The molecule has 0 radical (unpaired) electrons. The van der Waals surface area contributed by atoms with Crippen LogP contribution in [0, 0.1) is 35.8 Å². The predicted octanol–water partition coefficient (Wildman–Crippen LogP) is 5.06. The van der Waals surface area contributed by atoms with Crippen LogP contribution in [0.15, 0.2) is 42.5 Å². The van der Waals surface area contributed by atoms with E-state index in [9.17, 15) is 30.3 Å². The average Bonchev–Trinajstić information content (AvgIpc) is 2.84. The molecule has 2 aliphatic rings. The highest BCUT2D eigenvalue weighted by Gasteiger charge is 2.52. The summed E-state index contributed by atoms with van der Waals surface area (Å²) in [6, 6.07) is 11.6. The van der Waals surface area contributed by atoms with Gasteiger partial charge in [-0.1, -0.05) is 49.6 Å². The molecule has 2 aromatic rings. The first-order valence-electron chi connectivity index (χ1n) is 11.7. The van der Waals surface area contributed by atoms with Crippen LogP contribution < -0.4 is 4.74 Å². The lowest BCUT2D eigenvalue weighted by Crippen LogP contribution is -2.61. The first-order chi connectivity index (χ1) is 16.7. The van der Waals surface area contributed by atoms with Crippen molar-refractivity contribution in [2.75, 3.05) is 13.6 Å². The van der Waals surface area contributed by atoms with Gasteiger partial charge in [-0.05, 0) is 38.3 Å². The average molecular weight is 485 g/mol. The van der Waals surface area contributed by atoms with Gasteiger partial charge in [0.05, 0.1) is 26.9 Å². The molecule has 1 spiro atoms. The smallest absolute Gasteiger partial charge is 0.325 e. The van der Waals surface area contributed by atoms with E-state index in [0.29, 0.717) is 13.0 Å². The Morgan fingerprint density at radius 3 is 2.09 bits per heavy atom.